The van der Waals surface area contributed by atoms with Crippen LogP contribution in [0.4, 0.5) is 5.69 Å². The Morgan fingerprint density at radius 1 is 1.21 bits per heavy atom. The van der Waals surface area contributed by atoms with E-state index in [1.165, 1.54) is 0 Å². The summed E-state index contributed by atoms with van der Waals surface area (Å²) in [5.41, 5.74) is 7.39. The fourth-order valence-corrected chi connectivity index (χ4v) is 2.28. The van der Waals surface area contributed by atoms with Crippen LogP contribution in [0.15, 0.2) is 28.8 Å². The predicted octanol–water partition coefficient (Wildman–Crippen LogP) is 4.00. The normalized spacial score (nSPS) is 11.1. The predicted molar refractivity (Wildman–Crippen MR) is 76.7 cm³/mol. The standard InChI is InChI=1S/C15H21N3O/c1-3-6-11(7-4-2)15-17-14(18-19-15)12-8-5-9-13(16)10-12/h5,8-11H,3-4,6-7,16H2,1-2H3. The van der Waals surface area contributed by atoms with Crippen molar-refractivity contribution in [2.45, 2.75) is 45.4 Å². The van der Waals surface area contributed by atoms with Crippen LogP contribution in [0, 0.1) is 0 Å². The van der Waals surface area contributed by atoms with Gasteiger partial charge in [0.05, 0.1) is 0 Å². The molecule has 4 nitrogen and oxygen atoms in total. The maximum atomic E-state index is 5.77. The first-order valence-electron chi connectivity index (χ1n) is 6.94. The van der Waals surface area contributed by atoms with Gasteiger partial charge in [-0.1, -0.05) is 44.0 Å². The van der Waals surface area contributed by atoms with E-state index in [4.69, 9.17) is 10.3 Å². The number of rotatable bonds is 6. The van der Waals surface area contributed by atoms with Gasteiger partial charge in [0.25, 0.3) is 0 Å². The quantitative estimate of drug-likeness (QED) is 0.796. The van der Waals surface area contributed by atoms with Crippen molar-refractivity contribution in [2.24, 2.45) is 0 Å². The molecule has 4 heteroatoms. The van der Waals surface area contributed by atoms with Crippen LogP contribution in [0.3, 0.4) is 0 Å². The molecule has 0 atom stereocenters. The molecule has 0 radical (unpaired) electrons. The van der Waals surface area contributed by atoms with Crippen LogP contribution in [-0.2, 0) is 0 Å². The zero-order valence-corrected chi connectivity index (χ0v) is 11.6. The Labute approximate surface area is 114 Å². The van der Waals surface area contributed by atoms with Gasteiger partial charge < -0.3 is 10.3 Å². The van der Waals surface area contributed by atoms with Crippen molar-refractivity contribution in [1.82, 2.24) is 10.1 Å². The highest BCUT2D eigenvalue weighted by atomic mass is 16.5. The van der Waals surface area contributed by atoms with Crippen molar-refractivity contribution >= 4 is 5.69 Å². The summed E-state index contributed by atoms with van der Waals surface area (Å²) in [6, 6.07) is 7.56. The molecule has 2 aromatic rings. The molecule has 0 aliphatic carbocycles. The van der Waals surface area contributed by atoms with Crippen molar-refractivity contribution in [3.8, 4) is 11.4 Å². The second-order valence-electron chi connectivity index (χ2n) is 4.86. The second kappa shape index (κ2) is 6.36. The summed E-state index contributed by atoms with van der Waals surface area (Å²) in [7, 11) is 0. The third kappa shape index (κ3) is 3.34. The van der Waals surface area contributed by atoms with Crippen molar-refractivity contribution in [2.75, 3.05) is 5.73 Å². The molecule has 0 amide bonds. The topological polar surface area (TPSA) is 64.9 Å². The summed E-state index contributed by atoms with van der Waals surface area (Å²) in [6.07, 6.45) is 4.43. The van der Waals surface area contributed by atoms with Gasteiger partial charge in [0.1, 0.15) is 0 Å². The summed E-state index contributed by atoms with van der Waals surface area (Å²) in [5.74, 6) is 1.75. The summed E-state index contributed by atoms with van der Waals surface area (Å²) < 4.78 is 5.42. The lowest BCUT2D eigenvalue weighted by Crippen LogP contribution is -1.98. The lowest BCUT2D eigenvalue weighted by atomic mass is 9.98. The first-order chi connectivity index (χ1) is 9.24. The molecule has 0 unspecified atom stereocenters. The minimum Gasteiger partial charge on any atom is -0.399 e. The van der Waals surface area contributed by atoms with Crippen LogP contribution in [-0.4, -0.2) is 10.1 Å². The molecule has 102 valence electrons. The van der Waals surface area contributed by atoms with Gasteiger partial charge in [0, 0.05) is 17.2 Å². The van der Waals surface area contributed by atoms with Crippen LogP contribution >= 0.6 is 0 Å². The Morgan fingerprint density at radius 2 is 1.95 bits per heavy atom. The van der Waals surface area contributed by atoms with Gasteiger partial charge in [-0.25, -0.2) is 0 Å². The van der Waals surface area contributed by atoms with E-state index in [0.29, 0.717) is 17.4 Å². The van der Waals surface area contributed by atoms with E-state index in [-0.39, 0.29) is 0 Å². The SMILES string of the molecule is CCCC(CCC)c1nc(-c2cccc(N)c2)no1. The number of anilines is 1. The zero-order valence-electron chi connectivity index (χ0n) is 11.6. The third-order valence-corrected chi connectivity index (χ3v) is 3.21. The number of nitrogens with zero attached hydrogens (tertiary/aromatic N) is 2. The maximum Gasteiger partial charge on any atom is 0.230 e. The van der Waals surface area contributed by atoms with Crippen LogP contribution in [0.25, 0.3) is 11.4 Å². The molecule has 1 aromatic heterocycles. The van der Waals surface area contributed by atoms with Crippen LogP contribution in [0.2, 0.25) is 0 Å². The minimum atomic E-state index is 0.373. The molecule has 0 bridgehead atoms. The smallest absolute Gasteiger partial charge is 0.230 e. The number of benzene rings is 1. The summed E-state index contributed by atoms with van der Waals surface area (Å²) in [4.78, 5) is 4.53. The van der Waals surface area contributed by atoms with Gasteiger partial charge in [-0.3, -0.25) is 0 Å². The molecule has 0 saturated heterocycles. The molecule has 19 heavy (non-hydrogen) atoms. The molecule has 0 spiro atoms. The van der Waals surface area contributed by atoms with E-state index in [1.54, 1.807) is 0 Å². The Morgan fingerprint density at radius 3 is 2.58 bits per heavy atom. The summed E-state index contributed by atoms with van der Waals surface area (Å²) in [5, 5.41) is 4.07. The van der Waals surface area contributed by atoms with Gasteiger partial charge in [0.15, 0.2) is 0 Å². The minimum absolute atomic E-state index is 0.373. The van der Waals surface area contributed by atoms with E-state index in [1.807, 2.05) is 24.3 Å². The van der Waals surface area contributed by atoms with Gasteiger partial charge in [-0.05, 0) is 25.0 Å². The fourth-order valence-electron chi connectivity index (χ4n) is 2.28. The lowest BCUT2D eigenvalue weighted by Gasteiger charge is -2.08. The first-order valence-corrected chi connectivity index (χ1v) is 6.94. The number of aromatic nitrogens is 2. The third-order valence-electron chi connectivity index (χ3n) is 3.21. The van der Waals surface area contributed by atoms with Crippen molar-refractivity contribution in [3.05, 3.63) is 30.2 Å². The highest BCUT2D eigenvalue weighted by molar-refractivity contribution is 5.60. The Kier molecular flexibility index (Phi) is 4.55. The fraction of sp³-hybridized carbons (Fsp3) is 0.467. The lowest BCUT2D eigenvalue weighted by molar-refractivity contribution is 0.337. The molecule has 0 saturated carbocycles. The van der Waals surface area contributed by atoms with E-state index >= 15 is 0 Å². The Hall–Kier alpha value is -1.84. The molecule has 1 aromatic carbocycles. The zero-order chi connectivity index (χ0) is 13.7. The molecule has 2 N–H and O–H groups in total. The van der Waals surface area contributed by atoms with E-state index in [9.17, 15) is 0 Å². The van der Waals surface area contributed by atoms with E-state index in [0.717, 1.165) is 37.1 Å². The van der Waals surface area contributed by atoms with Crippen molar-refractivity contribution < 1.29 is 4.52 Å². The van der Waals surface area contributed by atoms with Crippen LogP contribution in [0.1, 0.15) is 51.3 Å². The van der Waals surface area contributed by atoms with E-state index in [2.05, 4.69) is 24.0 Å². The maximum absolute atomic E-state index is 5.77. The number of hydrogen-bond donors (Lipinski definition) is 1. The average Bonchev–Trinajstić information content (AvgIpc) is 2.88. The molecule has 2 rings (SSSR count). The van der Waals surface area contributed by atoms with Crippen molar-refractivity contribution in [3.63, 3.8) is 0 Å². The second-order valence-corrected chi connectivity index (χ2v) is 4.86. The number of hydrogen-bond acceptors (Lipinski definition) is 4. The first kappa shape index (κ1) is 13.6. The van der Waals surface area contributed by atoms with E-state index < -0.39 is 0 Å². The van der Waals surface area contributed by atoms with Crippen LogP contribution in [0.5, 0.6) is 0 Å². The number of nitrogens with two attached hydrogens (primary N) is 1. The summed E-state index contributed by atoms with van der Waals surface area (Å²) >= 11 is 0. The molecule has 0 aliphatic rings. The molecular formula is C15H21N3O. The summed E-state index contributed by atoms with van der Waals surface area (Å²) in [6.45, 7) is 4.36. The number of nitrogen functional groups attached to an aromatic ring is 1. The molecule has 0 fully saturated rings. The Balaban J connectivity index is 2.22. The largest absolute Gasteiger partial charge is 0.399 e. The van der Waals surface area contributed by atoms with Gasteiger partial charge in [0.2, 0.25) is 11.7 Å². The van der Waals surface area contributed by atoms with Gasteiger partial charge in [-0.2, -0.15) is 4.98 Å². The molecule has 1 heterocycles. The monoisotopic (exact) mass is 259 g/mol. The van der Waals surface area contributed by atoms with Gasteiger partial charge >= 0.3 is 0 Å². The molecule has 0 aliphatic heterocycles. The average molecular weight is 259 g/mol. The van der Waals surface area contributed by atoms with Gasteiger partial charge in [-0.15, -0.1) is 0 Å². The highest BCUT2D eigenvalue weighted by Gasteiger charge is 2.18. The van der Waals surface area contributed by atoms with Crippen LogP contribution < -0.4 is 5.73 Å². The van der Waals surface area contributed by atoms with Crippen molar-refractivity contribution in [1.29, 1.82) is 0 Å². The highest BCUT2D eigenvalue weighted by Crippen LogP contribution is 2.27. The Bertz CT molecular complexity index is 516. The molecular weight excluding hydrogens is 238 g/mol.